The second kappa shape index (κ2) is 5.53. The number of unbranched alkanes of at least 4 members (excludes halogenated alkanes) is 4. The molecule has 0 unspecified atom stereocenters. The van der Waals surface area contributed by atoms with Gasteiger partial charge in [-0.25, -0.2) is 0 Å². The SMILES string of the molecule is CCCCCCCNCC1C(C)(C)C1(C)C. The first kappa shape index (κ1) is 14.0. The van der Waals surface area contributed by atoms with Crippen LogP contribution in [0, 0.1) is 16.7 Å². The predicted octanol–water partition coefficient (Wildman–Crippen LogP) is 4.23. The highest BCUT2D eigenvalue weighted by molar-refractivity contribution is 5.12. The van der Waals surface area contributed by atoms with Crippen LogP contribution in [0.25, 0.3) is 0 Å². The fourth-order valence-corrected chi connectivity index (χ4v) is 2.94. The zero-order chi connectivity index (χ0) is 12.2. The van der Waals surface area contributed by atoms with Crippen molar-refractivity contribution in [3.63, 3.8) is 0 Å². The molecule has 0 bridgehead atoms. The summed E-state index contributed by atoms with van der Waals surface area (Å²) in [5, 5.41) is 3.64. The Labute approximate surface area is 102 Å². The van der Waals surface area contributed by atoms with E-state index in [-0.39, 0.29) is 0 Å². The Balaban J connectivity index is 1.97. The van der Waals surface area contributed by atoms with E-state index in [9.17, 15) is 0 Å². The van der Waals surface area contributed by atoms with Crippen molar-refractivity contribution in [2.24, 2.45) is 16.7 Å². The van der Waals surface area contributed by atoms with E-state index in [4.69, 9.17) is 0 Å². The van der Waals surface area contributed by atoms with E-state index in [0.717, 1.165) is 5.92 Å². The van der Waals surface area contributed by atoms with E-state index >= 15 is 0 Å². The molecule has 1 aliphatic carbocycles. The van der Waals surface area contributed by atoms with Gasteiger partial charge in [0.25, 0.3) is 0 Å². The minimum Gasteiger partial charge on any atom is -0.316 e. The van der Waals surface area contributed by atoms with E-state index in [1.54, 1.807) is 0 Å². The number of hydrogen-bond acceptors (Lipinski definition) is 1. The first-order valence-corrected chi connectivity index (χ1v) is 7.15. The van der Waals surface area contributed by atoms with Crippen LogP contribution in [-0.4, -0.2) is 13.1 Å². The van der Waals surface area contributed by atoms with Crippen LogP contribution < -0.4 is 5.32 Å². The summed E-state index contributed by atoms with van der Waals surface area (Å²) in [7, 11) is 0. The Morgan fingerprint density at radius 3 is 1.94 bits per heavy atom. The third-order valence-corrected chi connectivity index (χ3v) is 5.13. The lowest BCUT2D eigenvalue weighted by Gasteiger charge is -2.05. The molecule has 0 aromatic rings. The van der Waals surface area contributed by atoms with Gasteiger partial charge in [-0.2, -0.15) is 0 Å². The topological polar surface area (TPSA) is 12.0 Å². The predicted molar refractivity (Wildman–Crippen MR) is 72.7 cm³/mol. The number of hydrogen-bond donors (Lipinski definition) is 1. The summed E-state index contributed by atoms with van der Waals surface area (Å²) in [5.74, 6) is 0.871. The Kier molecular flexibility index (Phi) is 4.85. The molecule has 1 fully saturated rings. The van der Waals surface area contributed by atoms with Gasteiger partial charge in [0.15, 0.2) is 0 Å². The van der Waals surface area contributed by atoms with E-state index < -0.39 is 0 Å². The zero-order valence-electron chi connectivity index (χ0n) is 12.0. The smallest absolute Gasteiger partial charge is 0.000989 e. The third-order valence-electron chi connectivity index (χ3n) is 5.13. The molecule has 0 radical (unpaired) electrons. The molecule has 1 N–H and O–H groups in total. The largest absolute Gasteiger partial charge is 0.316 e. The highest BCUT2D eigenvalue weighted by Gasteiger charge is 2.63. The van der Waals surface area contributed by atoms with Gasteiger partial charge in [-0.05, 0) is 36.3 Å². The summed E-state index contributed by atoms with van der Waals surface area (Å²) in [6.45, 7) is 14.3. The lowest BCUT2D eigenvalue weighted by molar-refractivity contribution is 0.457. The second-order valence-corrected chi connectivity index (χ2v) is 6.61. The molecule has 0 aromatic heterocycles. The normalized spacial score (nSPS) is 22.3. The van der Waals surface area contributed by atoms with Crippen molar-refractivity contribution >= 4 is 0 Å². The molecule has 1 saturated carbocycles. The van der Waals surface area contributed by atoms with Gasteiger partial charge in [-0.15, -0.1) is 0 Å². The second-order valence-electron chi connectivity index (χ2n) is 6.61. The van der Waals surface area contributed by atoms with Crippen LogP contribution in [0.4, 0.5) is 0 Å². The molecular weight excluding hydrogens is 194 g/mol. The first-order valence-electron chi connectivity index (χ1n) is 7.15. The van der Waals surface area contributed by atoms with Gasteiger partial charge in [-0.3, -0.25) is 0 Å². The lowest BCUT2D eigenvalue weighted by atomic mass is 10.0. The van der Waals surface area contributed by atoms with Gasteiger partial charge in [0.2, 0.25) is 0 Å². The van der Waals surface area contributed by atoms with Crippen LogP contribution in [-0.2, 0) is 0 Å². The quantitative estimate of drug-likeness (QED) is 0.610. The van der Waals surface area contributed by atoms with Crippen LogP contribution in [0.1, 0.15) is 66.7 Å². The Hall–Kier alpha value is -0.0400. The highest BCUT2D eigenvalue weighted by atomic mass is 14.9. The van der Waals surface area contributed by atoms with Gasteiger partial charge in [0, 0.05) is 0 Å². The molecule has 16 heavy (non-hydrogen) atoms. The van der Waals surface area contributed by atoms with Crippen LogP contribution in [0.5, 0.6) is 0 Å². The summed E-state index contributed by atoms with van der Waals surface area (Å²) in [4.78, 5) is 0. The molecule has 1 nitrogen and oxygen atoms in total. The van der Waals surface area contributed by atoms with Crippen molar-refractivity contribution in [1.29, 1.82) is 0 Å². The average molecular weight is 225 g/mol. The maximum atomic E-state index is 3.64. The van der Waals surface area contributed by atoms with Gasteiger partial charge >= 0.3 is 0 Å². The minimum absolute atomic E-state index is 0.544. The van der Waals surface area contributed by atoms with Crippen molar-refractivity contribution in [3.8, 4) is 0 Å². The Morgan fingerprint density at radius 1 is 0.875 bits per heavy atom. The Bertz CT molecular complexity index is 191. The molecule has 96 valence electrons. The minimum atomic E-state index is 0.544. The lowest BCUT2D eigenvalue weighted by Crippen LogP contribution is -2.20. The van der Waals surface area contributed by atoms with Crippen molar-refractivity contribution in [3.05, 3.63) is 0 Å². The van der Waals surface area contributed by atoms with Crippen molar-refractivity contribution in [1.82, 2.24) is 5.32 Å². The fraction of sp³-hybridized carbons (Fsp3) is 1.00. The molecule has 1 rings (SSSR count). The summed E-state index contributed by atoms with van der Waals surface area (Å²) in [6, 6.07) is 0. The van der Waals surface area contributed by atoms with Gasteiger partial charge in [0.05, 0.1) is 0 Å². The molecule has 0 aliphatic heterocycles. The molecule has 1 aliphatic rings. The monoisotopic (exact) mass is 225 g/mol. The summed E-state index contributed by atoms with van der Waals surface area (Å²) in [6.07, 6.45) is 6.92. The summed E-state index contributed by atoms with van der Waals surface area (Å²) in [5.41, 5.74) is 1.09. The number of rotatable bonds is 8. The zero-order valence-corrected chi connectivity index (χ0v) is 12.0. The summed E-state index contributed by atoms with van der Waals surface area (Å²) >= 11 is 0. The van der Waals surface area contributed by atoms with E-state index in [1.807, 2.05) is 0 Å². The maximum Gasteiger partial charge on any atom is -0.000989 e. The molecule has 0 amide bonds. The number of nitrogens with one attached hydrogen (secondary N) is 1. The van der Waals surface area contributed by atoms with E-state index in [1.165, 1.54) is 45.2 Å². The molecule has 0 spiro atoms. The summed E-state index contributed by atoms with van der Waals surface area (Å²) < 4.78 is 0. The van der Waals surface area contributed by atoms with E-state index in [2.05, 4.69) is 39.9 Å². The van der Waals surface area contributed by atoms with Crippen molar-refractivity contribution < 1.29 is 0 Å². The van der Waals surface area contributed by atoms with Crippen LogP contribution in [0.15, 0.2) is 0 Å². The van der Waals surface area contributed by atoms with Gasteiger partial charge in [0.1, 0.15) is 0 Å². The van der Waals surface area contributed by atoms with Crippen LogP contribution in [0.3, 0.4) is 0 Å². The highest BCUT2D eigenvalue weighted by Crippen LogP contribution is 2.67. The first-order chi connectivity index (χ1) is 7.44. The molecule has 0 atom stereocenters. The molecular formula is C15H31N. The third kappa shape index (κ3) is 3.00. The van der Waals surface area contributed by atoms with Crippen LogP contribution in [0.2, 0.25) is 0 Å². The van der Waals surface area contributed by atoms with Crippen LogP contribution >= 0.6 is 0 Å². The molecule has 0 heterocycles. The molecule has 0 saturated heterocycles. The molecule has 1 heteroatoms. The van der Waals surface area contributed by atoms with Crippen molar-refractivity contribution in [2.45, 2.75) is 66.7 Å². The Morgan fingerprint density at radius 2 is 1.44 bits per heavy atom. The molecule has 0 aromatic carbocycles. The fourth-order valence-electron chi connectivity index (χ4n) is 2.94. The van der Waals surface area contributed by atoms with E-state index in [0.29, 0.717) is 10.8 Å². The average Bonchev–Trinajstić information content (AvgIpc) is 2.58. The standard InChI is InChI=1S/C15H31N/c1-6-7-8-9-10-11-16-12-13-14(2,3)15(13,4)5/h13,16H,6-12H2,1-5H3. The van der Waals surface area contributed by atoms with Gasteiger partial charge in [-0.1, -0.05) is 60.3 Å². The maximum absolute atomic E-state index is 3.64. The van der Waals surface area contributed by atoms with Crippen molar-refractivity contribution in [2.75, 3.05) is 13.1 Å². The van der Waals surface area contributed by atoms with Gasteiger partial charge < -0.3 is 5.32 Å².